The lowest BCUT2D eigenvalue weighted by molar-refractivity contribution is 0.0545. The molecule has 0 bridgehead atoms. The van der Waals surface area contributed by atoms with Crippen LogP contribution in [-0.2, 0) is 17.7 Å². The Bertz CT molecular complexity index is 959. The molecule has 2 atom stereocenters. The summed E-state index contributed by atoms with van der Waals surface area (Å²) in [7, 11) is 1.73. The van der Waals surface area contributed by atoms with E-state index in [2.05, 4.69) is 48.3 Å². The number of rotatable bonds is 7. The molecule has 0 radical (unpaired) electrons. The molecule has 2 aromatic rings. The predicted octanol–water partition coefficient (Wildman–Crippen LogP) is 4.15. The van der Waals surface area contributed by atoms with Crippen LogP contribution in [0.5, 0.6) is 0 Å². The molecule has 2 unspecified atom stereocenters. The number of hydrogen-bond donors (Lipinski definition) is 1. The molecule has 1 saturated heterocycles. The van der Waals surface area contributed by atoms with E-state index in [1.54, 1.807) is 13.3 Å². The fraction of sp³-hybridized carbons (Fsp3) is 0.400. The molecule has 1 amide bonds. The number of aliphatic imine (C=N–C) groups is 1. The Morgan fingerprint density at radius 3 is 2.77 bits per heavy atom. The van der Waals surface area contributed by atoms with Crippen molar-refractivity contribution in [2.75, 3.05) is 20.2 Å². The zero-order chi connectivity index (χ0) is 21.1. The minimum absolute atomic E-state index is 0.0850. The van der Waals surface area contributed by atoms with E-state index in [9.17, 15) is 4.79 Å². The summed E-state index contributed by atoms with van der Waals surface area (Å²) in [5.74, 6) is 0.0445. The number of aryl methyl sites for hydroxylation is 1. The van der Waals surface area contributed by atoms with E-state index in [0.717, 1.165) is 42.6 Å². The summed E-state index contributed by atoms with van der Waals surface area (Å²) in [6.07, 6.45) is 6.29. The monoisotopic (exact) mass is 403 g/mol. The Kier molecular flexibility index (Phi) is 6.09. The first-order valence-corrected chi connectivity index (χ1v) is 10.6. The second kappa shape index (κ2) is 8.92. The molecule has 0 aliphatic carbocycles. The second-order valence-electron chi connectivity index (χ2n) is 8.27. The number of amides is 1. The number of hydrogen-bond acceptors (Lipinski definition) is 4. The molecule has 2 aromatic carbocycles. The first kappa shape index (κ1) is 20.5. The Hall–Kier alpha value is -2.79. The van der Waals surface area contributed by atoms with Crippen molar-refractivity contribution in [3.05, 3.63) is 69.8 Å². The van der Waals surface area contributed by atoms with Crippen LogP contribution < -0.4 is 0 Å². The lowest BCUT2D eigenvalue weighted by Gasteiger charge is -2.19. The highest BCUT2D eigenvalue weighted by atomic mass is 16.5. The molecule has 156 valence electrons. The molecule has 4 rings (SSSR count). The molecule has 2 heterocycles. The Balaban J connectivity index is 1.49. The summed E-state index contributed by atoms with van der Waals surface area (Å²) < 4.78 is 5.72. The second-order valence-corrected chi connectivity index (χ2v) is 8.27. The van der Waals surface area contributed by atoms with Crippen LogP contribution in [0.15, 0.2) is 41.4 Å². The van der Waals surface area contributed by atoms with Gasteiger partial charge in [0.25, 0.3) is 5.91 Å². The molecule has 1 N–H and O–H groups in total. The fourth-order valence-electron chi connectivity index (χ4n) is 4.43. The van der Waals surface area contributed by atoms with E-state index in [1.165, 1.54) is 22.9 Å². The minimum atomic E-state index is -0.0850. The molecule has 0 aromatic heterocycles. The SMILES string of the molecule is CN=CC(C=N)c1ccc(Cc2cc3c(cc2C)CN(CC2CCCO2)C3=O)cc1. The van der Waals surface area contributed by atoms with Crippen molar-refractivity contribution in [2.24, 2.45) is 4.99 Å². The van der Waals surface area contributed by atoms with E-state index in [1.807, 2.05) is 4.90 Å². The predicted molar refractivity (Wildman–Crippen MR) is 120 cm³/mol. The van der Waals surface area contributed by atoms with E-state index in [4.69, 9.17) is 10.1 Å². The van der Waals surface area contributed by atoms with Crippen molar-refractivity contribution in [3.8, 4) is 0 Å². The summed E-state index contributed by atoms with van der Waals surface area (Å²) in [6.45, 7) is 4.32. The number of carbonyl (C=O) groups is 1. The van der Waals surface area contributed by atoms with Crippen LogP contribution in [0, 0.1) is 12.3 Å². The van der Waals surface area contributed by atoms with Gasteiger partial charge in [-0.2, -0.15) is 0 Å². The van der Waals surface area contributed by atoms with E-state index in [-0.39, 0.29) is 17.9 Å². The van der Waals surface area contributed by atoms with Crippen molar-refractivity contribution >= 4 is 18.3 Å². The van der Waals surface area contributed by atoms with Crippen molar-refractivity contribution < 1.29 is 9.53 Å². The number of nitrogens with one attached hydrogen (secondary N) is 1. The van der Waals surface area contributed by atoms with Gasteiger partial charge in [0, 0.05) is 44.7 Å². The van der Waals surface area contributed by atoms with Gasteiger partial charge in [-0.05, 0) is 60.1 Å². The molecular weight excluding hydrogens is 374 g/mol. The normalized spacial score (nSPS) is 19.5. The molecule has 2 aliphatic rings. The first-order chi connectivity index (χ1) is 14.6. The van der Waals surface area contributed by atoms with Gasteiger partial charge in [0.05, 0.1) is 12.0 Å². The molecule has 0 saturated carbocycles. The third-order valence-corrected chi connectivity index (χ3v) is 6.14. The van der Waals surface area contributed by atoms with Gasteiger partial charge in [0.15, 0.2) is 0 Å². The largest absolute Gasteiger partial charge is 0.376 e. The van der Waals surface area contributed by atoms with Crippen LogP contribution in [0.2, 0.25) is 0 Å². The molecule has 0 spiro atoms. The van der Waals surface area contributed by atoms with E-state index in [0.29, 0.717) is 13.1 Å². The van der Waals surface area contributed by atoms with Gasteiger partial charge in [-0.25, -0.2) is 0 Å². The molecule has 5 nitrogen and oxygen atoms in total. The molecule has 30 heavy (non-hydrogen) atoms. The summed E-state index contributed by atoms with van der Waals surface area (Å²) >= 11 is 0. The van der Waals surface area contributed by atoms with Gasteiger partial charge in [-0.15, -0.1) is 0 Å². The Labute approximate surface area is 178 Å². The van der Waals surface area contributed by atoms with Gasteiger partial charge >= 0.3 is 0 Å². The summed E-state index contributed by atoms with van der Waals surface area (Å²) in [6, 6.07) is 12.6. The third kappa shape index (κ3) is 4.21. The number of ether oxygens (including phenoxy) is 1. The van der Waals surface area contributed by atoms with Gasteiger partial charge < -0.3 is 15.0 Å². The van der Waals surface area contributed by atoms with Gasteiger partial charge in [0.1, 0.15) is 0 Å². The van der Waals surface area contributed by atoms with E-state index < -0.39 is 0 Å². The zero-order valence-corrected chi connectivity index (χ0v) is 17.7. The van der Waals surface area contributed by atoms with E-state index >= 15 is 0 Å². The smallest absolute Gasteiger partial charge is 0.254 e. The van der Waals surface area contributed by atoms with Crippen molar-refractivity contribution in [2.45, 2.75) is 44.8 Å². The van der Waals surface area contributed by atoms with Crippen LogP contribution in [0.25, 0.3) is 0 Å². The lowest BCUT2D eigenvalue weighted by Crippen LogP contribution is -2.32. The summed E-state index contributed by atoms with van der Waals surface area (Å²) in [5, 5.41) is 7.58. The van der Waals surface area contributed by atoms with Gasteiger partial charge in [0.2, 0.25) is 0 Å². The first-order valence-electron chi connectivity index (χ1n) is 10.6. The quantitative estimate of drug-likeness (QED) is 0.706. The standard InChI is InChI=1S/C25H29N3O2/c1-17-10-21-15-28(16-23-4-3-9-30-23)25(29)24(21)12-20(17)11-18-5-7-19(8-6-18)22(13-26)14-27-2/h5-8,10,12-14,22-23,26H,3-4,9,11,15-16H2,1-2H3. The highest BCUT2D eigenvalue weighted by molar-refractivity contribution is 5.98. The minimum Gasteiger partial charge on any atom is -0.376 e. The molecular formula is C25H29N3O2. The maximum absolute atomic E-state index is 13.0. The van der Waals surface area contributed by atoms with Crippen molar-refractivity contribution in [1.29, 1.82) is 5.41 Å². The average Bonchev–Trinajstić information content (AvgIpc) is 3.36. The topological polar surface area (TPSA) is 65.8 Å². The molecule has 2 aliphatic heterocycles. The average molecular weight is 404 g/mol. The van der Waals surface area contributed by atoms with Crippen LogP contribution in [-0.4, -0.2) is 49.5 Å². The summed E-state index contributed by atoms with van der Waals surface area (Å²) in [5.41, 5.74) is 6.63. The Morgan fingerprint density at radius 2 is 2.10 bits per heavy atom. The van der Waals surface area contributed by atoms with Crippen molar-refractivity contribution in [3.63, 3.8) is 0 Å². The van der Waals surface area contributed by atoms with Crippen LogP contribution in [0.4, 0.5) is 0 Å². The van der Waals surface area contributed by atoms with Crippen LogP contribution in [0.3, 0.4) is 0 Å². The van der Waals surface area contributed by atoms with Crippen LogP contribution in [0.1, 0.15) is 56.9 Å². The van der Waals surface area contributed by atoms with Gasteiger partial charge in [-0.3, -0.25) is 9.79 Å². The fourth-order valence-corrected chi connectivity index (χ4v) is 4.43. The lowest BCUT2D eigenvalue weighted by atomic mass is 9.94. The zero-order valence-electron chi connectivity index (χ0n) is 17.7. The highest BCUT2D eigenvalue weighted by Gasteiger charge is 2.31. The molecule has 1 fully saturated rings. The maximum Gasteiger partial charge on any atom is 0.254 e. The van der Waals surface area contributed by atoms with Crippen LogP contribution >= 0.6 is 0 Å². The number of carbonyl (C=O) groups excluding carboxylic acids is 1. The van der Waals surface area contributed by atoms with Crippen molar-refractivity contribution in [1.82, 2.24) is 4.90 Å². The van der Waals surface area contributed by atoms with Gasteiger partial charge in [-0.1, -0.05) is 30.3 Å². The highest BCUT2D eigenvalue weighted by Crippen LogP contribution is 2.29. The number of fused-ring (bicyclic) bond motifs is 1. The number of nitrogens with zero attached hydrogens (tertiary/aromatic N) is 2. The molecule has 5 heteroatoms. The third-order valence-electron chi connectivity index (χ3n) is 6.14. The maximum atomic E-state index is 13.0. The summed E-state index contributed by atoms with van der Waals surface area (Å²) in [4.78, 5) is 18.9. The Morgan fingerprint density at radius 1 is 1.30 bits per heavy atom. The number of benzene rings is 2.